The number of nitrogens with zero attached hydrogens (tertiary/aromatic N) is 3. The minimum absolute atomic E-state index is 0. The average Bonchev–Trinajstić information content (AvgIpc) is 3.75. The minimum atomic E-state index is -1.52. The molecule has 5 aromatic carbocycles. The maximum Gasteiger partial charge on any atom is 0.0798 e. The molecule has 0 atom stereocenters. The van der Waals surface area contributed by atoms with E-state index in [0.29, 0.717) is 22.9 Å². The van der Waals surface area contributed by atoms with Gasteiger partial charge in [0.1, 0.15) is 0 Å². The Morgan fingerprint density at radius 3 is 2.31 bits per heavy atom. The Bertz CT molecular complexity index is 2620. The van der Waals surface area contributed by atoms with Crippen LogP contribution in [-0.2, 0) is 32.9 Å². The molecule has 54 heavy (non-hydrogen) atoms. The second kappa shape index (κ2) is 16.0. The standard InChI is InChI=1S/C30H25N2O.C18H24NSi.Ir/c1-30(2,3)18-20-12-15-28-24(16-20)25(19-33-28)29-31-26-10-6-7-11-27(26)32(29)23-14-13-21-8-4-5-9-22(21)17-23;1-14(2)11-16-12-17(15-9-7-6-8-10-15)19-13-18(16)20(3,4)5;/h4-17H,18H2,1-3H3;6-9,12-14H,11H2,1-5H3;/q2*-1;/i18D2;;. The molecule has 0 fully saturated rings. The summed E-state index contributed by atoms with van der Waals surface area (Å²) >= 11 is 0. The van der Waals surface area contributed by atoms with Gasteiger partial charge in [-0.25, -0.2) is 0 Å². The van der Waals surface area contributed by atoms with Gasteiger partial charge in [0.15, 0.2) is 0 Å². The van der Waals surface area contributed by atoms with Gasteiger partial charge in [-0.15, -0.1) is 35.9 Å². The van der Waals surface area contributed by atoms with Gasteiger partial charge in [-0.2, -0.15) is 0 Å². The fourth-order valence-corrected chi connectivity index (χ4v) is 8.49. The predicted octanol–water partition coefficient (Wildman–Crippen LogP) is 12.3. The molecular weight excluding hydrogens is 855 g/mol. The van der Waals surface area contributed by atoms with Gasteiger partial charge < -0.3 is 14.0 Å². The average molecular weight is 906 g/mol. The normalized spacial score (nSPS) is 12.7. The predicted molar refractivity (Wildman–Crippen MR) is 226 cm³/mol. The molecule has 4 nitrogen and oxygen atoms in total. The van der Waals surface area contributed by atoms with Gasteiger partial charge in [0.2, 0.25) is 0 Å². The van der Waals surface area contributed by atoms with Crippen molar-refractivity contribution in [2.45, 2.75) is 67.1 Å². The van der Waals surface area contributed by atoms with E-state index in [1.165, 1.54) is 16.1 Å². The first-order chi connectivity index (χ1) is 26.1. The maximum atomic E-state index is 8.77. The molecule has 0 N–H and O–H groups in total. The van der Waals surface area contributed by atoms with Gasteiger partial charge in [0.25, 0.3) is 0 Å². The largest absolute Gasteiger partial charge is 0.557 e. The van der Waals surface area contributed by atoms with Crippen LogP contribution in [0.4, 0.5) is 0 Å². The zero-order chi connectivity index (χ0) is 39.1. The van der Waals surface area contributed by atoms with Gasteiger partial charge in [-0.1, -0.05) is 143 Å². The zero-order valence-corrected chi connectivity index (χ0v) is 35.8. The third kappa shape index (κ3) is 8.68. The molecule has 6 heteroatoms. The summed E-state index contributed by atoms with van der Waals surface area (Å²) in [7, 11) is -1.34. The summed E-state index contributed by atoms with van der Waals surface area (Å²) < 4.78 is 25.5. The molecule has 0 amide bonds. The van der Waals surface area contributed by atoms with Crippen LogP contribution in [-0.4, -0.2) is 22.6 Å². The number of fused-ring (bicyclic) bond motifs is 3. The van der Waals surface area contributed by atoms with Gasteiger partial charge in [0.05, 0.1) is 24.9 Å². The summed E-state index contributed by atoms with van der Waals surface area (Å²) in [5, 5.41) is 4.62. The monoisotopic (exact) mass is 906 g/mol. The topological polar surface area (TPSA) is 43.9 Å². The molecule has 0 aliphatic rings. The van der Waals surface area contributed by atoms with Crippen molar-refractivity contribution in [3.05, 3.63) is 145 Å². The van der Waals surface area contributed by atoms with Crippen LogP contribution in [0.2, 0.25) is 19.6 Å². The summed E-state index contributed by atoms with van der Waals surface area (Å²) in [4.78, 5) is 9.67. The molecule has 0 saturated carbocycles. The fourth-order valence-electron chi connectivity index (χ4n) is 6.90. The first-order valence-corrected chi connectivity index (χ1v) is 22.0. The van der Waals surface area contributed by atoms with Crippen molar-refractivity contribution in [2.75, 3.05) is 0 Å². The molecule has 0 spiro atoms. The van der Waals surface area contributed by atoms with Crippen molar-refractivity contribution >= 4 is 46.0 Å². The Morgan fingerprint density at radius 1 is 0.852 bits per heavy atom. The van der Waals surface area contributed by atoms with E-state index in [4.69, 9.17) is 12.1 Å². The molecule has 8 rings (SSSR count). The summed E-state index contributed by atoms with van der Waals surface area (Å²) in [5.74, 6) is 1.38. The van der Waals surface area contributed by atoms with Crippen molar-refractivity contribution in [3.8, 4) is 28.3 Å². The van der Waals surface area contributed by atoms with E-state index in [9.17, 15) is 0 Å². The van der Waals surface area contributed by atoms with Crippen LogP contribution < -0.4 is 5.19 Å². The fraction of sp³-hybridized carbons (Fsp3) is 0.250. The van der Waals surface area contributed by atoms with Crippen LogP contribution in [0.15, 0.2) is 126 Å². The molecule has 0 unspecified atom stereocenters. The number of para-hydroxylation sites is 2. The van der Waals surface area contributed by atoms with Gasteiger partial charge >= 0.3 is 0 Å². The third-order valence-electron chi connectivity index (χ3n) is 9.22. The number of aromatic nitrogens is 3. The van der Waals surface area contributed by atoms with Gasteiger partial charge in [-0.05, 0) is 70.0 Å². The van der Waals surface area contributed by atoms with Crippen molar-refractivity contribution in [3.63, 3.8) is 0 Å². The van der Waals surface area contributed by atoms with E-state index in [1.54, 1.807) is 6.07 Å². The van der Waals surface area contributed by atoms with E-state index in [-0.39, 0.29) is 20.1 Å². The number of hydrogen-bond acceptors (Lipinski definition) is 3. The van der Waals surface area contributed by atoms with E-state index < -0.39 is 19.9 Å². The second-order valence-corrected chi connectivity index (χ2v) is 21.3. The molecule has 1 radical (unpaired) electrons. The molecule has 0 aliphatic carbocycles. The van der Waals surface area contributed by atoms with E-state index in [2.05, 4.69) is 110 Å². The number of furan rings is 1. The number of rotatable bonds is 7. The quantitative estimate of drug-likeness (QED) is 0.118. The Balaban J connectivity index is 0.000000217. The first-order valence-electron chi connectivity index (χ1n) is 19.5. The summed E-state index contributed by atoms with van der Waals surface area (Å²) in [5.41, 5.74) is 7.89. The molecule has 0 saturated heterocycles. The third-order valence-corrected chi connectivity index (χ3v) is 11.3. The van der Waals surface area contributed by atoms with Crippen molar-refractivity contribution < 1.29 is 27.3 Å². The summed E-state index contributed by atoms with van der Waals surface area (Å²) in [6.07, 6.45) is 4.79. The van der Waals surface area contributed by atoms with Crippen LogP contribution in [0.1, 0.15) is 48.5 Å². The zero-order valence-electron chi connectivity index (χ0n) is 34.4. The Labute approximate surface area is 337 Å². The van der Waals surface area contributed by atoms with Crippen LogP contribution >= 0.6 is 0 Å². The van der Waals surface area contributed by atoms with E-state index >= 15 is 0 Å². The van der Waals surface area contributed by atoms with Crippen LogP contribution in [0.3, 0.4) is 0 Å². The molecule has 3 aromatic heterocycles. The summed E-state index contributed by atoms with van der Waals surface area (Å²) in [6, 6.07) is 41.9. The molecular formula is C48H49IrN3OSi-2. The van der Waals surface area contributed by atoms with Crippen molar-refractivity contribution in [2.24, 2.45) is 11.3 Å². The first kappa shape index (κ1) is 36.4. The molecule has 0 aliphatic heterocycles. The van der Waals surface area contributed by atoms with Gasteiger partial charge in [-0.3, -0.25) is 4.98 Å². The number of imidazole rings is 1. The number of hydrogen-bond donors (Lipinski definition) is 0. The smallest absolute Gasteiger partial charge is 0.0798 e. The van der Waals surface area contributed by atoms with Gasteiger partial charge in [0, 0.05) is 46.6 Å². The Hall–Kier alpha value is -4.61. The summed E-state index contributed by atoms with van der Waals surface area (Å²) in [6.45, 7) is 17.5. The Kier molecular flexibility index (Phi) is 10.8. The minimum Gasteiger partial charge on any atom is -0.557 e. The molecule has 0 bridgehead atoms. The number of pyridine rings is 1. The van der Waals surface area contributed by atoms with Crippen LogP contribution in [0, 0.1) is 23.7 Å². The maximum absolute atomic E-state index is 8.77. The van der Waals surface area contributed by atoms with Crippen molar-refractivity contribution in [1.29, 1.82) is 0 Å². The second-order valence-electron chi connectivity index (χ2n) is 16.3. The number of benzene rings is 5. The van der Waals surface area contributed by atoms with E-state index in [0.717, 1.165) is 50.7 Å². The Morgan fingerprint density at radius 2 is 1.59 bits per heavy atom. The van der Waals surface area contributed by atoms with E-state index in [1.807, 2.05) is 81.4 Å². The molecule has 3 heterocycles. The van der Waals surface area contributed by atoms with Crippen LogP contribution in [0.25, 0.3) is 61.1 Å². The molecule has 277 valence electrons. The SMILES string of the molecule is CC(C)Cc1cc(-c2[c-]cccc2)ncc1[Si](C)(C)C.[2H]C([2H])(c1ccc2o[c-]c(-c3nc4ccccc4n3-c3ccc4ccccc4c3)c2c1)C(C)(C)C.[Ir]. The molecule has 8 aromatic rings. The van der Waals surface area contributed by atoms with Crippen molar-refractivity contribution in [1.82, 2.24) is 14.5 Å². The van der Waals surface area contributed by atoms with Crippen LogP contribution in [0.5, 0.6) is 0 Å².